The van der Waals surface area contributed by atoms with Gasteiger partial charge in [-0.1, -0.05) is 57.2 Å². The fraction of sp³-hybridized carbons (Fsp3) is 0.321. The second-order valence-corrected chi connectivity index (χ2v) is 10.2. The maximum atomic E-state index is 13.0. The molecule has 5 heteroatoms. The molecule has 5 rings (SSSR count). The van der Waals surface area contributed by atoms with Crippen LogP contribution >= 0.6 is 0 Å². The van der Waals surface area contributed by atoms with Gasteiger partial charge in [0.05, 0.1) is 12.2 Å². The molecule has 1 aliphatic heterocycles. The lowest BCUT2D eigenvalue weighted by Gasteiger charge is -2.34. The average Bonchev–Trinajstić information content (AvgIpc) is 3.05. The SMILES string of the molecule is CC1CC(=NNC(=O)c2ccc(CN3C(=O)c4cccc5cccc3c45)cc2)CC(C)(C)C1. The fourth-order valence-corrected chi connectivity index (χ4v) is 5.47. The highest BCUT2D eigenvalue weighted by molar-refractivity contribution is 6.24. The van der Waals surface area contributed by atoms with E-state index < -0.39 is 0 Å². The zero-order valence-electron chi connectivity index (χ0n) is 19.4. The van der Waals surface area contributed by atoms with Crippen molar-refractivity contribution in [1.29, 1.82) is 0 Å². The molecule has 0 bridgehead atoms. The lowest BCUT2D eigenvalue weighted by atomic mass is 9.72. The molecule has 1 atom stereocenters. The first kappa shape index (κ1) is 21.4. The van der Waals surface area contributed by atoms with Gasteiger partial charge in [0.2, 0.25) is 0 Å². The van der Waals surface area contributed by atoms with E-state index >= 15 is 0 Å². The van der Waals surface area contributed by atoms with E-state index in [4.69, 9.17) is 0 Å². The van der Waals surface area contributed by atoms with Gasteiger partial charge in [-0.05, 0) is 65.8 Å². The van der Waals surface area contributed by atoms with E-state index in [-0.39, 0.29) is 17.2 Å². The quantitative estimate of drug-likeness (QED) is 0.512. The number of nitrogens with zero attached hydrogens (tertiary/aromatic N) is 2. The normalized spacial score (nSPS) is 20.5. The van der Waals surface area contributed by atoms with Gasteiger partial charge in [-0.2, -0.15) is 5.10 Å². The number of carbonyl (C=O) groups is 2. The van der Waals surface area contributed by atoms with Gasteiger partial charge in [-0.25, -0.2) is 5.43 Å². The predicted molar refractivity (Wildman–Crippen MR) is 133 cm³/mol. The molecule has 1 fully saturated rings. The van der Waals surface area contributed by atoms with E-state index in [1.165, 1.54) is 6.42 Å². The van der Waals surface area contributed by atoms with Crippen molar-refractivity contribution in [2.75, 3.05) is 4.90 Å². The number of hydrazone groups is 1. The second kappa shape index (κ2) is 8.14. The van der Waals surface area contributed by atoms with Gasteiger partial charge in [0, 0.05) is 22.2 Å². The zero-order valence-corrected chi connectivity index (χ0v) is 19.4. The number of hydrogen-bond acceptors (Lipinski definition) is 3. The molecule has 0 spiro atoms. The number of hydrogen-bond donors (Lipinski definition) is 1. The smallest absolute Gasteiger partial charge is 0.271 e. The average molecular weight is 440 g/mol. The lowest BCUT2D eigenvalue weighted by molar-refractivity contribution is 0.0952. The fourth-order valence-electron chi connectivity index (χ4n) is 5.47. The Hall–Kier alpha value is -3.47. The third kappa shape index (κ3) is 4.15. The Morgan fingerprint density at radius 3 is 2.55 bits per heavy atom. The van der Waals surface area contributed by atoms with Gasteiger partial charge in [-0.3, -0.25) is 9.59 Å². The summed E-state index contributed by atoms with van der Waals surface area (Å²) in [5.41, 5.74) is 7.24. The van der Waals surface area contributed by atoms with E-state index in [9.17, 15) is 9.59 Å². The van der Waals surface area contributed by atoms with Crippen molar-refractivity contribution < 1.29 is 9.59 Å². The monoisotopic (exact) mass is 439 g/mol. The molecule has 33 heavy (non-hydrogen) atoms. The molecule has 3 aromatic carbocycles. The van der Waals surface area contributed by atoms with E-state index in [0.717, 1.165) is 46.1 Å². The number of amides is 2. The molecule has 0 aromatic heterocycles. The summed E-state index contributed by atoms with van der Waals surface area (Å²) in [5.74, 6) is 0.387. The second-order valence-electron chi connectivity index (χ2n) is 10.2. The van der Waals surface area contributed by atoms with Crippen LogP contribution in [0.3, 0.4) is 0 Å². The van der Waals surface area contributed by atoms with Crippen LogP contribution in [0.4, 0.5) is 5.69 Å². The van der Waals surface area contributed by atoms with Crippen LogP contribution in [0.15, 0.2) is 65.8 Å². The van der Waals surface area contributed by atoms with Crippen molar-refractivity contribution in [2.45, 2.75) is 46.6 Å². The number of carbonyl (C=O) groups excluding carboxylic acids is 2. The van der Waals surface area contributed by atoms with Gasteiger partial charge in [0.1, 0.15) is 0 Å². The Balaban J connectivity index is 1.28. The third-order valence-electron chi connectivity index (χ3n) is 6.69. The van der Waals surface area contributed by atoms with Crippen molar-refractivity contribution in [3.8, 4) is 0 Å². The summed E-state index contributed by atoms with van der Waals surface area (Å²) in [6.07, 6.45) is 3.03. The summed E-state index contributed by atoms with van der Waals surface area (Å²) in [6, 6.07) is 19.3. The molecule has 1 saturated carbocycles. The van der Waals surface area contributed by atoms with Gasteiger partial charge >= 0.3 is 0 Å². The number of rotatable bonds is 4. The summed E-state index contributed by atoms with van der Waals surface area (Å²) in [7, 11) is 0. The summed E-state index contributed by atoms with van der Waals surface area (Å²) in [6.45, 7) is 7.20. The van der Waals surface area contributed by atoms with Crippen molar-refractivity contribution >= 4 is 34.0 Å². The summed E-state index contributed by atoms with van der Waals surface area (Å²) < 4.78 is 0. The maximum absolute atomic E-state index is 13.0. The van der Waals surface area contributed by atoms with Crippen molar-refractivity contribution in [2.24, 2.45) is 16.4 Å². The van der Waals surface area contributed by atoms with Gasteiger partial charge in [0.25, 0.3) is 11.8 Å². The van der Waals surface area contributed by atoms with Gasteiger partial charge < -0.3 is 4.90 Å². The molecule has 0 radical (unpaired) electrons. The summed E-state index contributed by atoms with van der Waals surface area (Å²) in [5, 5.41) is 6.52. The molecule has 0 saturated heterocycles. The van der Waals surface area contributed by atoms with Crippen LogP contribution in [0.25, 0.3) is 10.8 Å². The van der Waals surface area contributed by atoms with Crippen LogP contribution in [0.1, 0.15) is 66.3 Å². The van der Waals surface area contributed by atoms with Crippen molar-refractivity contribution in [3.63, 3.8) is 0 Å². The van der Waals surface area contributed by atoms with Gasteiger partial charge in [0.15, 0.2) is 0 Å². The Labute approximate surface area is 194 Å². The van der Waals surface area contributed by atoms with Crippen molar-refractivity contribution in [3.05, 3.63) is 77.4 Å². The van der Waals surface area contributed by atoms with Crippen LogP contribution < -0.4 is 10.3 Å². The predicted octanol–water partition coefficient (Wildman–Crippen LogP) is 5.93. The molecule has 1 N–H and O–H groups in total. The number of nitrogens with one attached hydrogen (secondary N) is 1. The van der Waals surface area contributed by atoms with Crippen LogP contribution in [0, 0.1) is 11.3 Å². The molecule has 3 aromatic rings. The van der Waals surface area contributed by atoms with Crippen molar-refractivity contribution in [1.82, 2.24) is 5.43 Å². The largest absolute Gasteiger partial charge is 0.303 e. The van der Waals surface area contributed by atoms with Crippen LogP contribution in [-0.2, 0) is 6.54 Å². The Bertz CT molecular complexity index is 1270. The Morgan fingerprint density at radius 1 is 1.09 bits per heavy atom. The minimum Gasteiger partial charge on any atom is -0.303 e. The molecule has 168 valence electrons. The minimum atomic E-state index is -0.209. The third-order valence-corrected chi connectivity index (χ3v) is 6.69. The van der Waals surface area contributed by atoms with E-state index in [1.54, 1.807) is 12.1 Å². The molecule has 1 aliphatic carbocycles. The highest BCUT2D eigenvalue weighted by Gasteiger charge is 2.30. The van der Waals surface area contributed by atoms with E-state index in [0.29, 0.717) is 18.0 Å². The summed E-state index contributed by atoms with van der Waals surface area (Å²) in [4.78, 5) is 27.4. The first-order valence-electron chi connectivity index (χ1n) is 11.6. The Morgan fingerprint density at radius 2 is 1.82 bits per heavy atom. The van der Waals surface area contributed by atoms with E-state index in [2.05, 4.69) is 31.3 Å². The van der Waals surface area contributed by atoms with E-state index in [1.807, 2.05) is 53.4 Å². The molecule has 2 aliphatic rings. The van der Waals surface area contributed by atoms with Crippen LogP contribution in [0.5, 0.6) is 0 Å². The highest BCUT2D eigenvalue weighted by Crippen LogP contribution is 2.38. The molecular weight excluding hydrogens is 410 g/mol. The molecule has 1 heterocycles. The first-order valence-corrected chi connectivity index (χ1v) is 11.6. The lowest BCUT2D eigenvalue weighted by Crippen LogP contribution is -2.30. The topological polar surface area (TPSA) is 61.8 Å². The van der Waals surface area contributed by atoms with Crippen LogP contribution in [-0.4, -0.2) is 17.5 Å². The number of benzene rings is 3. The van der Waals surface area contributed by atoms with Gasteiger partial charge in [-0.15, -0.1) is 0 Å². The molecule has 1 unspecified atom stereocenters. The highest BCUT2D eigenvalue weighted by atomic mass is 16.2. The first-order chi connectivity index (χ1) is 15.8. The van der Waals surface area contributed by atoms with Crippen LogP contribution in [0.2, 0.25) is 0 Å². The zero-order chi connectivity index (χ0) is 23.2. The standard InChI is InChI=1S/C28H29N3O2/c1-18-14-22(16-28(2,3)15-18)29-30-26(32)21-12-10-19(11-13-21)17-31-24-9-5-7-20-6-4-8-23(25(20)24)27(31)33/h4-13,18H,14-17H2,1-3H3,(H,30,32). The number of anilines is 1. The summed E-state index contributed by atoms with van der Waals surface area (Å²) >= 11 is 0. The molecule has 5 nitrogen and oxygen atoms in total. The Kier molecular flexibility index (Phi) is 5.28. The molecular formula is C28H29N3O2. The maximum Gasteiger partial charge on any atom is 0.271 e. The minimum absolute atomic E-state index is 0.0177. The molecule has 2 amide bonds.